The molecule has 3 rings (SSSR count). The van der Waals surface area contributed by atoms with Gasteiger partial charge in [0, 0.05) is 21.9 Å². The van der Waals surface area contributed by atoms with Crippen LogP contribution in [0.1, 0.15) is 18.1 Å². The van der Waals surface area contributed by atoms with Crippen LogP contribution < -0.4 is 5.43 Å². The maximum Gasteiger partial charge on any atom is 0.144 e. The van der Waals surface area contributed by atoms with E-state index in [9.17, 15) is 0 Å². The Labute approximate surface area is 150 Å². The third kappa shape index (κ3) is 3.83. The van der Waals surface area contributed by atoms with Crippen molar-refractivity contribution in [2.75, 3.05) is 12.4 Å². The molecule has 1 aliphatic heterocycles. The molecule has 6 heteroatoms. The normalized spacial score (nSPS) is 14.4. The van der Waals surface area contributed by atoms with Crippen LogP contribution in [0.2, 0.25) is 5.02 Å². The number of benzene rings is 2. The van der Waals surface area contributed by atoms with Crippen LogP contribution in [0, 0.1) is 0 Å². The van der Waals surface area contributed by atoms with Crippen molar-refractivity contribution < 1.29 is 0 Å². The summed E-state index contributed by atoms with van der Waals surface area (Å²) in [5, 5.41) is 4.86. The number of nitrogens with one attached hydrogen (secondary N) is 1. The first-order chi connectivity index (χ1) is 11.7. The fourth-order valence-electron chi connectivity index (χ4n) is 2.31. The smallest absolute Gasteiger partial charge is 0.144 e. The second-order valence-electron chi connectivity index (χ2n) is 5.34. The van der Waals surface area contributed by atoms with Crippen molar-refractivity contribution in [1.29, 1.82) is 0 Å². The fraction of sp³-hybridized carbons (Fsp3) is 0.167. The van der Waals surface area contributed by atoms with Gasteiger partial charge in [-0.3, -0.25) is 10.4 Å². The number of rotatable bonds is 3. The Morgan fingerprint density at radius 2 is 2.00 bits per heavy atom. The van der Waals surface area contributed by atoms with Crippen LogP contribution in [0.5, 0.6) is 0 Å². The minimum Gasteiger partial charge on any atom is -0.276 e. The predicted octanol–water partition coefficient (Wildman–Crippen LogP) is 4.43. The van der Waals surface area contributed by atoms with Gasteiger partial charge in [-0.25, -0.2) is 4.99 Å². The molecule has 2 aromatic carbocycles. The molecule has 2 aromatic rings. The molecule has 122 valence electrons. The first-order valence-electron chi connectivity index (χ1n) is 7.50. The molecule has 1 N–H and O–H groups in total. The molecule has 0 fully saturated rings. The zero-order valence-corrected chi connectivity index (χ0v) is 14.6. The second kappa shape index (κ2) is 7.60. The number of halogens is 2. The lowest BCUT2D eigenvalue weighted by Gasteiger charge is -2.08. The summed E-state index contributed by atoms with van der Waals surface area (Å²) in [6, 6.07) is 15.6. The van der Waals surface area contributed by atoms with Crippen molar-refractivity contribution in [2.45, 2.75) is 6.92 Å². The summed E-state index contributed by atoms with van der Waals surface area (Å²) < 4.78 is 0. The largest absolute Gasteiger partial charge is 0.276 e. The molecule has 0 radical (unpaired) electrons. The number of fused-ring (bicyclic) bond motifs is 1. The summed E-state index contributed by atoms with van der Waals surface area (Å²) in [7, 11) is 0. The Morgan fingerprint density at radius 3 is 2.75 bits per heavy atom. The van der Waals surface area contributed by atoms with Crippen LogP contribution in [-0.2, 0) is 0 Å². The molecule has 1 heterocycles. The lowest BCUT2D eigenvalue weighted by atomic mass is 10.0. The lowest BCUT2D eigenvalue weighted by Crippen LogP contribution is -2.22. The van der Waals surface area contributed by atoms with E-state index in [2.05, 4.69) is 15.5 Å². The molecule has 0 unspecified atom stereocenters. The average molecular weight is 359 g/mol. The average Bonchev–Trinajstić information content (AvgIpc) is 2.79. The van der Waals surface area contributed by atoms with Crippen LogP contribution in [-0.4, -0.2) is 29.7 Å². The summed E-state index contributed by atoms with van der Waals surface area (Å²) in [5.74, 6) is 1.03. The van der Waals surface area contributed by atoms with Gasteiger partial charge in [0.15, 0.2) is 0 Å². The second-order valence-corrected chi connectivity index (χ2v) is 6.05. The number of hydrogen-bond acceptors (Lipinski definition) is 4. The van der Waals surface area contributed by atoms with E-state index in [1.807, 2.05) is 55.5 Å². The number of aliphatic imine (C=N–C) groups is 2. The molecule has 0 aliphatic carbocycles. The summed E-state index contributed by atoms with van der Waals surface area (Å²) in [6.07, 6.45) is 0. The lowest BCUT2D eigenvalue weighted by molar-refractivity contribution is 0.987. The highest BCUT2D eigenvalue weighted by Crippen LogP contribution is 2.28. The van der Waals surface area contributed by atoms with Crippen molar-refractivity contribution in [1.82, 2.24) is 5.43 Å². The summed E-state index contributed by atoms with van der Waals surface area (Å²) in [4.78, 5) is 9.37. The topological polar surface area (TPSA) is 49.1 Å². The molecule has 1 aliphatic rings. The van der Waals surface area contributed by atoms with E-state index in [0.717, 1.165) is 28.2 Å². The molecule has 0 saturated carbocycles. The highest BCUT2D eigenvalue weighted by molar-refractivity contribution is 6.31. The third-order valence-electron chi connectivity index (χ3n) is 3.47. The van der Waals surface area contributed by atoms with E-state index in [1.165, 1.54) is 0 Å². The van der Waals surface area contributed by atoms with Crippen LogP contribution in [0.3, 0.4) is 0 Å². The van der Waals surface area contributed by atoms with Crippen molar-refractivity contribution >= 4 is 46.1 Å². The maximum absolute atomic E-state index is 6.19. The monoisotopic (exact) mass is 358 g/mol. The van der Waals surface area contributed by atoms with Gasteiger partial charge in [0.2, 0.25) is 0 Å². The van der Waals surface area contributed by atoms with Crippen molar-refractivity contribution in [3.05, 3.63) is 64.7 Å². The number of hydrogen-bond donors (Lipinski definition) is 1. The first kappa shape index (κ1) is 16.7. The Morgan fingerprint density at radius 1 is 1.21 bits per heavy atom. The van der Waals surface area contributed by atoms with E-state index in [-0.39, 0.29) is 0 Å². The van der Waals surface area contributed by atoms with Crippen LogP contribution in [0.4, 0.5) is 5.69 Å². The van der Waals surface area contributed by atoms with Crippen LogP contribution in [0.15, 0.2) is 63.6 Å². The van der Waals surface area contributed by atoms with Crippen LogP contribution >= 0.6 is 23.2 Å². The Kier molecular flexibility index (Phi) is 5.28. The van der Waals surface area contributed by atoms with Gasteiger partial charge < -0.3 is 0 Å². The third-order valence-corrected chi connectivity index (χ3v) is 4.09. The molecule has 0 saturated heterocycles. The van der Waals surface area contributed by atoms with Gasteiger partial charge in [0.1, 0.15) is 5.84 Å². The van der Waals surface area contributed by atoms with Gasteiger partial charge in [0.25, 0.3) is 0 Å². The quantitative estimate of drug-likeness (QED) is 0.492. The van der Waals surface area contributed by atoms with Crippen molar-refractivity contribution in [3.8, 4) is 0 Å². The minimum atomic E-state index is 0.366. The molecule has 0 atom stereocenters. The number of nitrogens with zero attached hydrogens (tertiary/aromatic N) is 3. The summed E-state index contributed by atoms with van der Waals surface area (Å²) >= 11 is 11.9. The van der Waals surface area contributed by atoms with E-state index < -0.39 is 0 Å². The zero-order valence-electron chi connectivity index (χ0n) is 13.1. The summed E-state index contributed by atoms with van der Waals surface area (Å²) in [6.45, 7) is 2.25. The Bertz CT molecular complexity index is 826. The number of hydrazone groups is 1. The Hall–Kier alpha value is -2.17. The molecule has 24 heavy (non-hydrogen) atoms. The van der Waals surface area contributed by atoms with E-state index in [1.54, 1.807) is 0 Å². The van der Waals surface area contributed by atoms with Gasteiger partial charge in [0.05, 0.1) is 23.8 Å². The minimum absolute atomic E-state index is 0.366. The van der Waals surface area contributed by atoms with Gasteiger partial charge in [-0.2, -0.15) is 5.10 Å². The van der Waals surface area contributed by atoms with E-state index in [0.29, 0.717) is 23.3 Å². The Balaban J connectivity index is 2.04. The van der Waals surface area contributed by atoms with E-state index in [4.69, 9.17) is 28.2 Å². The van der Waals surface area contributed by atoms with Gasteiger partial charge >= 0.3 is 0 Å². The van der Waals surface area contributed by atoms with Gasteiger partial charge in [-0.1, -0.05) is 41.9 Å². The van der Waals surface area contributed by atoms with Gasteiger partial charge in [-0.05, 0) is 25.1 Å². The number of amidine groups is 1. The first-order valence-corrected chi connectivity index (χ1v) is 8.41. The van der Waals surface area contributed by atoms with Gasteiger partial charge in [-0.15, -0.1) is 11.6 Å². The standard InChI is InChI=1S/C18H16Cl2N4/c1-12(10-19)23-24-17-11-21-18(13-5-3-2-4-6-13)15-9-14(20)7-8-16(15)22-17/h2-9H,10-11H2,1H3,(H,22,24)/b23-12+. The molecule has 4 nitrogen and oxygen atoms in total. The van der Waals surface area contributed by atoms with Crippen molar-refractivity contribution in [2.24, 2.45) is 15.1 Å². The molecule has 0 spiro atoms. The number of alkyl halides is 1. The SMILES string of the molecule is C/C(CCl)=N\NC1=Nc2ccc(Cl)cc2C(c2ccccc2)=NC1. The van der Waals surface area contributed by atoms with Crippen LogP contribution in [0.25, 0.3) is 0 Å². The zero-order chi connectivity index (χ0) is 16.9. The highest BCUT2D eigenvalue weighted by Gasteiger charge is 2.16. The maximum atomic E-state index is 6.19. The molecular weight excluding hydrogens is 343 g/mol. The molecule has 0 bridgehead atoms. The molecular formula is C18H16Cl2N4. The molecule has 0 amide bonds. The summed E-state index contributed by atoms with van der Waals surface area (Å²) in [5.41, 5.74) is 7.34. The fourth-order valence-corrected chi connectivity index (χ4v) is 2.54. The van der Waals surface area contributed by atoms with E-state index >= 15 is 0 Å². The highest BCUT2D eigenvalue weighted by atomic mass is 35.5. The van der Waals surface area contributed by atoms with Crippen molar-refractivity contribution in [3.63, 3.8) is 0 Å². The predicted molar refractivity (Wildman–Crippen MR) is 102 cm³/mol. The molecule has 0 aromatic heterocycles.